The second kappa shape index (κ2) is 10.1. The van der Waals surface area contributed by atoms with Crippen molar-refractivity contribution in [2.45, 2.75) is 17.9 Å². The van der Waals surface area contributed by atoms with Gasteiger partial charge in [0, 0.05) is 11.4 Å². The first-order chi connectivity index (χ1) is 17.1. The van der Waals surface area contributed by atoms with E-state index in [4.69, 9.17) is 9.47 Å². The molecule has 1 aliphatic rings. The Morgan fingerprint density at radius 1 is 0.972 bits per heavy atom. The van der Waals surface area contributed by atoms with E-state index in [0.29, 0.717) is 29.4 Å². The summed E-state index contributed by atoms with van der Waals surface area (Å²) in [5.74, 6) is 0.336. The number of para-hydroxylation sites is 2. The Kier molecular flexibility index (Phi) is 7.09. The van der Waals surface area contributed by atoms with Gasteiger partial charge in [0.25, 0.3) is 15.9 Å². The molecule has 0 spiro atoms. The molecule has 3 aromatic rings. The van der Waals surface area contributed by atoms with E-state index in [2.05, 4.69) is 10.0 Å². The van der Waals surface area contributed by atoms with E-state index in [9.17, 15) is 21.6 Å². The molecule has 0 radical (unpaired) electrons. The van der Waals surface area contributed by atoms with Crippen molar-refractivity contribution in [1.29, 1.82) is 0 Å². The smallest absolute Gasteiger partial charge is 0.267 e. The third-order valence-corrected chi connectivity index (χ3v) is 7.82. The number of amides is 1. The van der Waals surface area contributed by atoms with E-state index in [1.807, 2.05) is 6.92 Å². The van der Waals surface area contributed by atoms with E-state index in [-0.39, 0.29) is 17.2 Å². The minimum atomic E-state index is -3.86. The number of anilines is 3. The number of rotatable bonds is 8. The lowest BCUT2D eigenvalue weighted by Gasteiger charge is -2.33. The fourth-order valence-corrected chi connectivity index (χ4v) is 5.57. The molecule has 10 nitrogen and oxygen atoms in total. The third-order valence-electron chi connectivity index (χ3n) is 5.28. The Morgan fingerprint density at radius 3 is 2.25 bits per heavy atom. The first-order valence-electron chi connectivity index (χ1n) is 11.0. The molecule has 3 aromatic carbocycles. The number of hydrogen-bond acceptors (Lipinski definition) is 7. The molecule has 2 N–H and O–H groups in total. The van der Waals surface area contributed by atoms with Crippen molar-refractivity contribution in [3.63, 3.8) is 0 Å². The summed E-state index contributed by atoms with van der Waals surface area (Å²) in [6.07, 6.45) is -0.0377. The van der Waals surface area contributed by atoms with E-state index < -0.39 is 32.1 Å². The van der Waals surface area contributed by atoms with E-state index >= 15 is 0 Å². The number of nitrogens with zero attached hydrogens (tertiary/aromatic N) is 1. The van der Waals surface area contributed by atoms with Gasteiger partial charge in [-0.3, -0.25) is 13.8 Å². The second-order valence-corrected chi connectivity index (χ2v) is 11.5. The summed E-state index contributed by atoms with van der Waals surface area (Å²) in [5.41, 5.74) is 1.06. The average Bonchev–Trinajstić information content (AvgIpc) is 2.84. The molecule has 1 atom stereocenters. The highest BCUT2D eigenvalue weighted by molar-refractivity contribution is 7.92. The van der Waals surface area contributed by atoms with Gasteiger partial charge in [-0.15, -0.1) is 0 Å². The highest BCUT2D eigenvalue weighted by Crippen LogP contribution is 2.34. The minimum absolute atomic E-state index is 0.000443. The summed E-state index contributed by atoms with van der Waals surface area (Å²) in [4.78, 5) is 12.8. The topological polar surface area (TPSA) is 131 Å². The van der Waals surface area contributed by atoms with Crippen molar-refractivity contribution in [2.24, 2.45) is 0 Å². The van der Waals surface area contributed by atoms with Crippen molar-refractivity contribution < 1.29 is 31.1 Å². The van der Waals surface area contributed by atoms with E-state index in [0.717, 1.165) is 10.6 Å². The fourth-order valence-electron chi connectivity index (χ4n) is 3.59. The van der Waals surface area contributed by atoms with Crippen LogP contribution in [0.15, 0.2) is 77.7 Å². The molecule has 0 saturated heterocycles. The summed E-state index contributed by atoms with van der Waals surface area (Å²) in [6, 6.07) is 18.7. The monoisotopic (exact) mass is 531 g/mol. The van der Waals surface area contributed by atoms with E-state index in [1.54, 1.807) is 48.5 Å². The molecule has 4 rings (SSSR count). The zero-order chi connectivity index (χ0) is 25.9. The van der Waals surface area contributed by atoms with Crippen molar-refractivity contribution in [1.82, 2.24) is 0 Å². The van der Waals surface area contributed by atoms with Gasteiger partial charge < -0.3 is 14.8 Å². The highest BCUT2D eigenvalue weighted by atomic mass is 32.2. The van der Waals surface area contributed by atoms with Crippen molar-refractivity contribution in [3.05, 3.63) is 72.8 Å². The maximum absolute atomic E-state index is 12.8. The Bertz CT molecular complexity index is 1460. The second-order valence-electron chi connectivity index (χ2n) is 7.94. The molecule has 0 unspecified atom stereocenters. The maximum atomic E-state index is 12.8. The molecule has 1 aliphatic heterocycles. The lowest BCUT2D eigenvalue weighted by atomic mass is 10.2. The van der Waals surface area contributed by atoms with Crippen molar-refractivity contribution in [3.8, 4) is 11.5 Å². The molecular weight excluding hydrogens is 506 g/mol. The van der Waals surface area contributed by atoms with E-state index in [1.165, 1.54) is 24.3 Å². The minimum Gasteiger partial charge on any atom is -0.494 e. The molecule has 1 amide bonds. The number of fused-ring (bicyclic) bond motifs is 1. The maximum Gasteiger partial charge on any atom is 0.267 e. The predicted molar refractivity (Wildman–Crippen MR) is 137 cm³/mol. The van der Waals surface area contributed by atoms with Crippen LogP contribution in [0.3, 0.4) is 0 Å². The quantitative estimate of drug-likeness (QED) is 0.457. The van der Waals surface area contributed by atoms with Crippen LogP contribution >= 0.6 is 0 Å². The summed E-state index contributed by atoms with van der Waals surface area (Å²) < 4.78 is 64.7. The molecule has 12 heteroatoms. The number of carbonyl (C=O) groups excluding carboxylic acids is 1. The molecule has 190 valence electrons. The van der Waals surface area contributed by atoms with Crippen LogP contribution in [0.25, 0.3) is 0 Å². The van der Waals surface area contributed by atoms with Crippen LogP contribution < -0.4 is 23.8 Å². The highest BCUT2D eigenvalue weighted by Gasteiger charge is 2.34. The predicted octanol–water partition coefficient (Wildman–Crippen LogP) is 3.05. The zero-order valence-corrected chi connectivity index (χ0v) is 21.2. The summed E-state index contributed by atoms with van der Waals surface area (Å²) in [6.45, 7) is 2.17. The largest absolute Gasteiger partial charge is 0.494 e. The van der Waals surface area contributed by atoms with Crippen molar-refractivity contribution in [2.75, 3.05) is 33.8 Å². The fraction of sp³-hybridized carbons (Fsp3) is 0.208. The number of hydrogen-bond donors (Lipinski definition) is 2. The summed E-state index contributed by atoms with van der Waals surface area (Å²) in [7, 11) is -7.50. The van der Waals surface area contributed by atoms with Gasteiger partial charge >= 0.3 is 0 Å². The first-order valence-corrected chi connectivity index (χ1v) is 14.3. The van der Waals surface area contributed by atoms with Crippen LogP contribution in [-0.2, 0) is 24.8 Å². The van der Waals surface area contributed by atoms with Gasteiger partial charge in [-0.2, -0.15) is 0 Å². The van der Waals surface area contributed by atoms with Crippen LogP contribution in [0.5, 0.6) is 11.5 Å². The SMILES string of the molecule is CCOc1ccc(NS(=O)(=O)c2ccc(NC(=O)[C@@H]3CN(S(C)(=O)=O)c4ccccc4O3)cc2)cc1. The van der Waals surface area contributed by atoms with Gasteiger partial charge in [0.05, 0.1) is 30.0 Å². The van der Waals surface area contributed by atoms with Crippen molar-refractivity contribution >= 4 is 43.0 Å². The normalized spacial score (nSPS) is 15.4. The first kappa shape index (κ1) is 25.3. The molecule has 1 heterocycles. The Hall–Kier alpha value is -3.77. The zero-order valence-electron chi connectivity index (χ0n) is 19.5. The van der Waals surface area contributed by atoms with Crippen LogP contribution in [0.4, 0.5) is 17.1 Å². The molecule has 36 heavy (non-hydrogen) atoms. The lowest BCUT2D eigenvalue weighted by Crippen LogP contribution is -2.48. The van der Waals surface area contributed by atoms with Gasteiger partial charge in [0.15, 0.2) is 6.10 Å². The van der Waals surface area contributed by atoms with Gasteiger partial charge in [0.2, 0.25) is 10.0 Å². The van der Waals surface area contributed by atoms with Gasteiger partial charge in [0.1, 0.15) is 11.5 Å². The number of benzene rings is 3. The average molecular weight is 532 g/mol. The van der Waals surface area contributed by atoms with Crippen LogP contribution in [0.1, 0.15) is 6.92 Å². The Labute approximate surface area is 209 Å². The standard InChI is InChI=1S/C24H25N3O7S2/c1-3-33-19-12-8-18(9-13-19)26-36(31,32)20-14-10-17(11-15-20)25-24(28)23-16-27(35(2,29)30)21-6-4-5-7-22(21)34-23/h4-15,23,26H,3,16H2,1-2H3,(H,25,28)/t23-/m0/s1. The number of carbonyl (C=O) groups is 1. The molecular formula is C24H25N3O7S2. The van der Waals surface area contributed by atoms with Crippen LogP contribution in [-0.4, -0.2) is 48.3 Å². The van der Waals surface area contributed by atoms with Gasteiger partial charge in [-0.05, 0) is 67.6 Å². The Morgan fingerprint density at radius 2 is 1.61 bits per heavy atom. The lowest BCUT2D eigenvalue weighted by molar-refractivity contribution is -0.122. The Balaban J connectivity index is 1.44. The number of nitrogens with one attached hydrogen (secondary N) is 2. The summed E-state index contributed by atoms with van der Waals surface area (Å²) >= 11 is 0. The van der Waals surface area contributed by atoms with Gasteiger partial charge in [-0.25, -0.2) is 16.8 Å². The van der Waals surface area contributed by atoms with Crippen LogP contribution in [0.2, 0.25) is 0 Å². The van der Waals surface area contributed by atoms with Crippen LogP contribution in [0, 0.1) is 0 Å². The molecule has 0 aromatic heterocycles. The molecule has 0 saturated carbocycles. The molecule has 0 bridgehead atoms. The number of sulfonamides is 2. The number of ether oxygens (including phenoxy) is 2. The molecule has 0 aliphatic carbocycles. The third kappa shape index (κ3) is 5.71. The van der Waals surface area contributed by atoms with Gasteiger partial charge in [-0.1, -0.05) is 12.1 Å². The summed E-state index contributed by atoms with van der Waals surface area (Å²) in [5, 5.41) is 2.65. The molecule has 0 fully saturated rings.